The van der Waals surface area contributed by atoms with E-state index in [2.05, 4.69) is 29.1 Å². The second kappa shape index (κ2) is 18.9. The van der Waals surface area contributed by atoms with Crippen molar-refractivity contribution in [2.75, 3.05) is 20.2 Å². The lowest BCUT2D eigenvalue weighted by atomic mass is 9.80. The van der Waals surface area contributed by atoms with Gasteiger partial charge in [0.25, 0.3) is 0 Å². The first-order chi connectivity index (χ1) is 23.4. The Kier molecular flexibility index (Phi) is 15.3. The Labute approximate surface area is 295 Å². The van der Waals surface area contributed by atoms with Crippen LogP contribution in [0.3, 0.4) is 0 Å². The van der Waals surface area contributed by atoms with Gasteiger partial charge in [0.15, 0.2) is 0 Å². The number of nitrogens with one attached hydrogen (secondary N) is 3. The molecule has 0 aromatic carbocycles. The molecular weight excluding hydrogens is 644 g/mol. The molecule has 1 aliphatic heterocycles. The average molecular weight is 709 g/mol. The maximum Gasteiger partial charge on any atom is 0.322 e. The van der Waals surface area contributed by atoms with Crippen LogP contribution in [0.2, 0.25) is 0 Å². The van der Waals surface area contributed by atoms with E-state index in [0.717, 1.165) is 51.4 Å². The number of carbonyl (C=O) groups is 3. The predicted molar refractivity (Wildman–Crippen MR) is 191 cm³/mol. The second-order valence-corrected chi connectivity index (χ2v) is 18.0. The van der Waals surface area contributed by atoms with Crippen molar-refractivity contribution in [1.29, 1.82) is 0 Å². The van der Waals surface area contributed by atoms with Crippen molar-refractivity contribution in [1.82, 2.24) is 20.3 Å². The molecule has 0 spiro atoms. The maximum atomic E-state index is 13.8. The SMILES string of the molecule is COC1CCC(CC(=O)N[C@@H](CC2=CNC3CCCCC23)C(=O)NCCCC[C@@H](C(=O)O)N(CC(C)C)S(=O)(=O)C2CCC(C)CC2)CC1. The Bertz CT molecular complexity index is 1220. The zero-order chi connectivity index (χ0) is 35.6. The Hall–Kier alpha value is -2.18. The summed E-state index contributed by atoms with van der Waals surface area (Å²) in [5, 5.41) is 19.2. The molecule has 3 fully saturated rings. The van der Waals surface area contributed by atoms with Crippen LogP contribution in [0.25, 0.3) is 0 Å². The van der Waals surface area contributed by atoms with E-state index >= 15 is 0 Å². The van der Waals surface area contributed by atoms with Gasteiger partial charge in [-0.05, 0) is 119 Å². The number of amides is 2. The highest BCUT2D eigenvalue weighted by Gasteiger charge is 2.41. The molecule has 3 saturated carbocycles. The number of carboxylic acid groups (broad SMARTS) is 1. The standard InChI is InChI=1S/C37H64N4O7S/c1-25(2)24-41(49(46,47)30-18-12-26(3)13-19-30)34(37(44)45)11-7-8-20-38-36(43)33(22-28-23-39-32-10-6-5-9-31(28)32)40-35(42)21-27-14-16-29(48-4)17-15-27/h23,25-27,29-34,39H,5-22,24H2,1-4H3,(H,38,43)(H,40,42)(H,44,45)/t26?,27?,29?,30?,31?,32?,33-,34-/m0/s1. The molecule has 280 valence electrons. The van der Waals surface area contributed by atoms with E-state index in [1.165, 1.54) is 22.7 Å². The van der Waals surface area contributed by atoms with Gasteiger partial charge in [0.05, 0.1) is 11.4 Å². The summed E-state index contributed by atoms with van der Waals surface area (Å²) >= 11 is 0. The smallest absolute Gasteiger partial charge is 0.322 e. The molecule has 4 rings (SSSR count). The Morgan fingerprint density at radius 2 is 1.69 bits per heavy atom. The summed E-state index contributed by atoms with van der Waals surface area (Å²) in [5.41, 5.74) is 1.19. The number of fused-ring (bicyclic) bond motifs is 1. The minimum Gasteiger partial charge on any atom is -0.480 e. The van der Waals surface area contributed by atoms with E-state index in [-0.39, 0.29) is 42.7 Å². The maximum absolute atomic E-state index is 13.8. The summed E-state index contributed by atoms with van der Waals surface area (Å²) in [6, 6.07) is -1.42. The van der Waals surface area contributed by atoms with Gasteiger partial charge in [-0.3, -0.25) is 14.4 Å². The van der Waals surface area contributed by atoms with Crippen LogP contribution in [0, 0.1) is 23.7 Å². The normalized spacial score (nSPS) is 28.7. The summed E-state index contributed by atoms with van der Waals surface area (Å²) in [6.45, 7) is 6.44. The summed E-state index contributed by atoms with van der Waals surface area (Å²) < 4.78 is 34.3. The van der Waals surface area contributed by atoms with Gasteiger partial charge >= 0.3 is 5.97 Å². The Morgan fingerprint density at radius 1 is 1.00 bits per heavy atom. The number of sulfonamides is 1. The number of aliphatic carboxylic acids is 1. The third-order valence-electron chi connectivity index (χ3n) is 11.5. The molecule has 11 nitrogen and oxygen atoms in total. The van der Waals surface area contributed by atoms with E-state index < -0.39 is 33.3 Å². The van der Waals surface area contributed by atoms with Crippen molar-refractivity contribution in [2.45, 2.75) is 159 Å². The third-order valence-corrected chi connectivity index (χ3v) is 13.9. The number of ether oxygens (including phenoxy) is 1. The Morgan fingerprint density at radius 3 is 2.35 bits per heavy atom. The molecule has 2 unspecified atom stereocenters. The van der Waals surface area contributed by atoms with Gasteiger partial charge in [-0.15, -0.1) is 0 Å². The number of hydrogen-bond donors (Lipinski definition) is 4. The van der Waals surface area contributed by atoms with Crippen molar-refractivity contribution in [2.24, 2.45) is 23.7 Å². The van der Waals surface area contributed by atoms with Gasteiger partial charge in [0, 0.05) is 38.6 Å². The van der Waals surface area contributed by atoms with Crippen LogP contribution in [-0.2, 0) is 29.1 Å². The zero-order valence-electron chi connectivity index (χ0n) is 30.5. The lowest BCUT2D eigenvalue weighted by molar-refractivity contribution is -0.142. The molecule has 3 aliphatic carbocycles. The van der Waals surface area contributed by atoms with Crippen LogP contribution in [0.4, 0.5) is 0 Å². The molecule has 12 heteroatoms. The van der Waals surface area contributed by atoms with Crippen LogP contribution in [0.15, 0.2) is 11.8 Å². The summed E-state index contributed by atoms with van der Waals surface area (Å²) in [4.78, 5) is 39.3. The predicted octanol–water partition coefficient (Wildman–Crippen LogP) is 5.11. The highest BCUT2D eigenvalue weighted by Crippen LogP contribution is 2.36. The first-order valence-corrected chi connectivity index (χ1v) is 20.7. The van der Waals surface area contributed by atoms with Gasteiger partial charge in [-0.1, -0.05) is 33.6 Å². The number of unbranched alkanes of at least 4 members (excludes halogenated alkanes) is 1. The zero-order valence-corrected chi connectivity index (χ0v) is 31.3. The molecule has 0 aromatic rings. The molecule has 2 amide bonds. The topological polar surface area (TPSA) is 154 Å². The van der Waals surface area contributed by atoms with Crippen LogP contribution in [0.5, 0.6) is 0 Å². The molecular formula is C37H64N4O7S. The lowest BCUT2D eigenvalue weighted by Crippen LogP contribution is -2.50. The summed E-state index contributed by atoms with van der Waals surface area (Å²) in [7, 11) is -2.04. The average Bonchev–Trinajstić information content (AvgIpc) is 3.48. The summed E-state index contributed by atoms with van der Waals surface area (Å²) in [6.07, 6.45) is 15.5. The van der Waals surface area contributed by atoms with Crippen molar-refractivity contribution < 1.29 is 32.6 Å². The number of methoxy groups -OCH3 is 1. The van der Waals surface area contributed by atoms with E-state index in [1.807, 2.05) is 13.8 Å². The number of hydrogen-bond acceptors (Lipinski definition) is 7. The highest BCUT2D eigenvalue weighted by atomic mass is 32.2. The van der Waals surface area contributed by atoms with E-state index in [1.54, 1.807) is 7.11 Å². The monoisotopic (exact) mass is 708 g/mol. The van der Waals surface area contributed by atoms with E-state index in [0.29, 0.717) is 62.9 Å². The minimum absolute atomic E-state index is 0.0139. The summed E-state index contributed by atoms with van der Waals surface area (Å²) in [5.74, 6) is -0.318. The molecule has 0 radical (unpaired) electrons. The quantitative estimate of drug-likeness (QED) is 0.143. The fourth-order valence-corrected chi connectivity index (χ4v) is 10.8. The van der Waals surface area contributed by atoms with Gasteiger partial charge in [0.1, 0.15) is 12.1 Å². The van der Waals surface area contributed by atoms with Crippen molar-refractivity contribution in [3.63, 3.8) is 0 Å². The van der Waals surface area contributed by atoms with Crippen molar-refractivity contribution in [3.05, 3.63) is 11.8 Å². The minimum atomic E-state index is -3.78. The van der Waals surface area contributed by atoms with Gasteiger partial charge in [-0.25, -0.2) is 8.42 Å². The molecule has 0 bridgehead atoms. The number of carbonyl (C=O) groups excluding carboxylic acids is 2. The number of rotatable bonds is 18. The van der Waals surface area contributed by atoms with E-state index in [9.17, 15) is 27.9 Å². The number of nitrogens with zero attached hydrogens (tertiary/aromatic N) is 1. The van der Waals surface area contributed by atoms with E-state index in [4.69, 9.17) is 4.74 Å². The molecule has 1 heterocycles. The van der Waals surface area contributed by atoms with Crippen molar-refractivity contribution in [3.8, 4) is 0 Å². The first-order valence-electron chi connectivity index (χ1n) is 19.2. The molecule has 0 saturated heterocycles. The molecule has 4 atom stereocenters. The molecule has 49 heavy (non-hydrogen) atoms. The second-order valence-electron chi connectivity index (χ2n) is 15.8. The molecule has 0 aromatic heterocycles. The highest BCUT2D eigenvalue weighted by molar-refractivity contribution is 7.89. The van der Waals surface area contributed by atoms with Gasteiger partial charge in [0.2, 0.25) is 21.8 Å². The fourth-order valence-electron chi connectivity index (χ4n) is 8.51. The molecule has 4 N–H and O–H groups in total. The first kappa shape index (κ1) is 39.6. The largest absolute Gasteiger partial charge is 0.480 e. The van der Waals surface area contributed by atoms with Crippen LogP contribution < -0.4 is 16.0 Å². The molecule has 4 aliphatic rings. The van der Waals surface area contributed by atoms with Crippen LogP contribution >= 0.6 is 0 Å². The van der Waals surface area contributed by atoms with Gasteiger partial charge in [-0.2, -0.15) is 4.31 Å². The fraction of sp³-hybridized carbons (Fsp3) is 0.865. The number of carboxylic acids is 1. The third kappa shape index (κ3) is 11.4. The van der Waals surface area contributed by atoms with Gasteiger partial charge < -0.3 is 25.8 Å². The van der Waals surface area contributed by atoms with Crippen LogP contribution in [-0.4, -0.2) is 85.3 Å². The van der Waals surface area contributed by atoms with Crippen molar-refractivity contribution >= 4 is 27.8 Å². The lowest BCUT2D eigenvalue weighted by Gasteiger charge is -2.35. The van der Waals surface area contributed by atoms with Crippen LogP contribution in [0.1, 0.15) is 130 Å². The Balaban J connectivity index is 1.33.